The van der Waals surface area contributed by atoms with Crippen LogP contribution in [0.15, 0.2) is 30.5 Å². The summed E-state index contributed by atoms with van der Waals surface area (Å²) in [5.41, 5.74) is 0.512. The van der Waals surface area contributed by atoms with Gasteiger partial charge in [0, 0.05) is 0 Å². The lowest BCUT2D eigenvalue weighted by atomic mass is 10.2. The summed E-state index contributed by atoms with van der Waals surface area (Å²) >= 11 is 0. The zero-order chi connectivity index (χ0) is 13.0. The number of hydrogen-bond donors (Lipinski definition) is 2. The summed E-state index contributed by atoms with van der Waals surface area (Å²) < 4.78 is 10.6. The van der Waals surface area contributed by atoms with Crippen LogP contribution in [0, 0.1) is 0 Å². The Labute approximate surface area is 103 Å². The monoisotopic (exact) mass is 248 g/mol. The van der Waals surface area contributed by atoms with Gasteiger partial charge in [-0.05, 0) is 12.1 Å². The van der Waals surface area contributed by atoms with Gasteiger partial charge in [-0.15, -0.1) is 0 Å². The van der Waals surface area contributed by atoms with E-state index >= 15 is 0 Å². The number of H-pyrrole nitrogens is 1. The van der Waals surface area contributed by atoms with Crippen LogP contribution < -0.4 is 9.47 Å². The number of carboxylic acid groups (broad SMARTS) is 1. The Morgan fingerprint density at radius 3 is 2.78 bits per heavy atom. The summed E-state index contributed by atoms with van der Waals surface area (Å²) in [4.78, 5) is 10.9. The van der Waals surface area contributed by atoms with Crippen LogP contribution in [0.3, 0.4) is 0 Å². The Morgan fingerprint density at radius 2 is 2.11 bits per heavy atom. The highest BCUT2D eigenvalue weighted by molar-refractivity contribution is 5.88. The summed E-state index contributed by atoms with van der Waals surface area (Å²) in [6.45, 7) is 0.0853. The highest BCUT2D eigenvalue weighted by Crippen LogP contribution is 2.26. The third kappa shape index (κ3) is 2.42. The van der Waals surface area contributed by atoms with Crippen molar-refractivity contribution in [1.82, 2.24) is 10.2 Å². The maximum Gasteiger partial charge on any atom is 0.339 e. The average molecular weight is 248 g/mol. The molecule has 0 atom stereocenters. The molecule has 0 fully saturated rings. The van der Waals surface area contributed by atoms with Crippen LogP contribution in [0.2, 0.25) is 0 Å². The van der Waals surface area contributed by atoms with Gasteiger partial charge in [0.25, 0.3) is 0 Å². The number of nitrogens with one attached hydrogen (secondary N) is 1. The van der Waals surface area contributed by atoms with Crippen LogP contribution in [0.5, 0.6) is 11.5 Å². The molecule has 18 heavy (non-hydrogen) atoms. The summed E-state index contributed by atoms with van der Waals surface area (Å²) in [6, 6.07) is 7.14. The van der Waals surface area contributed by atoms with E-state index in [9.17, 15) is 4.79 Å². The SMILES string of the molecule is COc1ccccc1OCc1[nH]ncc1C(=O)O. The van der Waals surface area contributed by atoms with Crippen molar-refractivity contribution >= 4 is 5.97 Å². The first-order chi connectivity index (χ1) is 8.72. The van der Waals surface area contributed by atoms with Crippen molar-refractivity contribution in [3.63, 3.8) is 0 Å². The minimum absolute atomic E-state index is 0.0853. The number of carbonyl (C=O) groups is 1. The number of carboxylic acids is 1. The predicted molar refractivity (Wildman–Crippen MR) is 62.9 cm³/mol. The van der Waals surface area contributed by atoms with Crippen LogP contribution >= 0.6 is 0 Å². The number of methoxy groups -OCH3 is 1. The van der Waals surface area contributed by atoms with Crippen molar-refractivity contribution in [2.75, 3.05) is 7.11 Å². The molecule has 0 aliphatic carbocycles. The van der Waals surface area contributed by atoms with Crippen LogP contribution in [0.1, 0.15) is 16.1 Å². The van der Waals surface area contributed by atoms with Gasteiger partial charge in [0.05, 0.1) is 19.0 Å². The van der Waals surface area contributed by atoms with Gasteiger partial charge >= 0.3 is 5.97 Å². The number of hydrogen-bond acceptors (Lipinski definition) is 4. The van der Waals surface area contributed by atoms with Gasteiger partial charge in [0.15, 0.2) is 11.5 Å². The smallest absolute Gasteiger partial charge is 0.339 e. The number of aromatic amines is 1. The minimum atomic E-state index is -1.04. The van der Waals surface area contributed by atoms with Crippen molar-refractivity contribution in [2.24, 2.45) is 0 Å². The zero-order valence-corrected chi connectivity index (χ0v) is 9.71. The number of para-hydroxylation sites is 2. The molecular weight excluding hydrogens is 236 g/mol. The molecule has 0 spiro atoms. The molecule has 0 radical (unpaired) electrons. The Bertz CT molecular complexity index is 551. The molecule has 94 valence electrons. The molecule has 0 bridgehead atoms. The molecule has 0 aliphatic heterocycles. The molecule has 0 unspecified atom stereocenters. The van der Waals surface area contributed by atoms with Gasteiger partial charge < -0.3 is 14.6 Å². The highest BCUT2D eigenvalue weighted by atomic mass is 16.5. The summed E-state index contributed by atoms with van der Waals surface area (Å²) in [5.74, 6) is 0.0993. The second-order valence-electron chi connectivity index (χ2n) is 3.51. The quantitative estimate of drug-likeness (QED) is 0.841. The molecule has 1 aromatic heterocycles. The molecule has 6 nitrogen and oxygen atoms in total. The van der Waals surface area contributed by atoms with E-state index in [2.05, 4.69) is 10.2 Å². The Morgan fingerprint density at radius 1 is 1.39 bits per heavy atom. The van der Waals surface area contributed by atoms with Gasteiger partial charge in [-0.25, -0.2) is 4.79 Å². The lowest BCUT2D eigenvalue weighted by Crippen LogP contribution is -2.04. The normalized spacial score (nSPS) is 10.1. The number of benzene rings is 1. The Balaban J connectivity index is 2.11. The first-order valence-corrected chi connectivity index (χ1v) is 5.23. The number of nitrogens with zero attached hydrogens (tertiary/aromatic N) is 1. The van der Waals surface area contributed by atoms with Crippen LogP contribution in [0.25, 0.3) is 0 Å². The van der Waals surface area contributed by atoms with E-state index in [4.69, 9.17) is 14.6 Å². The Kier molecular flexibility index (Phi) is 3.47. The van der Waals surface area contributed by atoms with Gasteiger partial charge in [-0.1, -0.05) is 12.1 Å². The molecule has 0 saturated heterocycles. The zero-order valence-electron chi connectivity index (χ0n) is 9.71. The standard InChI is InChI=1S/C12H12N2O4/c1-17-10-4-2-3-5-11(10)18-7-9-8(12(15)16)6-13-14-9/h2-6H,7H2,1H3,(H,13,14)(H,15,16). The molecule has 1 aromatic carbocycles. The number of ether oxygens (including phenoxy) is 2. The molecule has 0 amide bonds. The largest absolute Gasteiger partial charge is 0.493 e. The molecule has 6 heteroatoms. The highest BCUT2D eigenvalue weighted by Gasteiger charge is 2.13. The maximum atomic E-state index is 10.9. The summed E-state index contributed by atoms with van der Waals surface area (Å²) in [6.07, 6.45) is 1.25. The van der Waals surface area contributed by atoms with Crippen molar-refractivity contribution in [3.8, 4) is 11.5 Å². The second-order valence-corrected chi connectivity index (χ2v) is 3.51. The van der Waals surface area contributed by atoms with Gasteiger partial charge in [0.1, 0.15) is 12.2 Å². The van der Waals surface area contributed by atoms with Crippen molar-refractivity contribution in [3.05, 3.63) is 41.7 Å². The number of rotatable bonds is 5. The third-order valence-electron chi connectivity index (χ3n) is 2.39. The number of aromatic carboxylic acids is 1. The molecular formula is C12H12N2O4. The van der Waals surface area contributed by atoms with Crippen molar-refractivity contribution in [2.45, 2.75) is 6.61 Å². The van der Waals surface area contributed by atoms with Crippen molar-refractivity contribution in [1.29, 1.82) is 0 Å². The third-order valence-corrected chi connectivity index (χ3v) is 2.39. The first-order valence-electron chi connectivity index (χ1n) is 5.23. The second kappa shape index (κ2) is 5.22. The van der Waals surface area contributed by atoms with E-state index in [1.54, 1.807) is 19.2 Å². The van der Waals surface area contributed by atoms with E-state index in [1.165, 1.54) is 6.20 Å². The summed E-state index contributed by atoms with van der Waals surface area (Å²) in [7, 11) is 1.54. The molecule has 1 heterocycles. The van der Waals surface area contributed by atoms with Gasteiger partial charge in [-0.2, -0.15) is 5.10 Å². The molecule has 2 rings (SSSR count). The average Bonchev–Trinajstić information content (AvgIpc) is 2.85. The van der Waals surface area contributed by atoms with E-state index in [1.807, 2.05) is 12.1 Å². The van der Waals surface area contributed by atoms with Crippen LogP contribution in [-0.2, 0) is 6.61 Å². The van der Waals surface area contributed by atoms with E-state index < -0.39 is 5.97 Å². The fraction of sp³-hybridized carbons (Fsp3) is 0.167. The van der Waals surface area contributed by atoms with Crippen LogP contribution in [0.4, 0.5) is 0 Å². The van der Waals surface area contributed by atoms with Gasteiger partial charge in [0.2, 0.25) is 0 Å². The molecule has 2 aromatic rings. The summed E-state index contributed by atoms with van der Waals surface area (Å²) in [5, 5.41) is 15.2. The predicted octanol–water partition coefficient (Wildman–Crippen LogP) is 1.70. The van der Waals surface area contributed by atoms with Crippen LogP contribution in [-0.4, -0.2) is 28.4 Å². The Hall–Kier alpha value is -2.50. The van der Waals surface area contributed by atoms with E-state index in [-0.39, 0.29) is 12.2 Å². The molecule has 2 N–H and O–H groups in total. The number of aromatic nitrogens is 2. The first kappa shape index (κ1) is 12.0. The molecule has 0 aliphatic rings. The lowest BCUT2D eigenvalue weighted by molar-refractivity contribution is 0.0694. The minimum Gasteiger partial charge on any atom is -0.493 e. The molecule has 0 saturated carbocycles. The van der Waals surface area contributed by atoms with Gasteiger partial charge in [-0.3, -0.25) is 5.10 Å². The fourth-order valence-electron chi connectivity index (χ4n) is 1.50. The van der Waals surface area contributed by atoms with Crippen molar-refractivity contribution < 1.29 is 19.4 Å². The lowest BCUT2D eigenvalue weighted by Gasteiger charge is -2.09. The van der Waals surface area contributed by atoms with E-state index in [0.717, 1.165) is 0 Å². The van der Waals surface area contributed by atoms with E-state index in [0.29, 0.717) is 17.2 Å². The fourth-order valence-corrected chi connectivity index (χ4v) is 1.50. The maximum absolute atomic E-state index is 10.9. The topological polar surface area (TPSA) is 84.4 Å².